The van der Waals surface area contributed by atoms with Crippen molar-refractivity contribution >= 4 is 0 Å². The zero-order valence-electron chi connectivity index (χ0n) is 12.2. The Labute approximate surface area is 115 Å². The van der Waals surface area contributed by atoms with Gasteiger partial charge in [-0.3, -0.25) is 0 Å². The van der Waals surface area contributed by atoms with Crippen molar-refractivity contribution in [2.24, 2.45) is 0 Å². The van der Waals surface area contributed by atoms with E-state index in [1.165, 1.54) is 0 Å². The summed E-state index contributed by atoms with van der Waals surface area (Å²) in [6.07, 6.45) is 1.81. The van der Waals surface area contributed by atoms with E-state index in [1.807, 2.05) is 25.2 Å². The number of hydrogen-bond acceptors (Lipinski definition) is 4. The van der Waals surface area contributed by atoms with Crippen LogP contribution in [-0.4, -0.2) is 33.5 Å². The van der Waals surface area contributed by atoms with Crippen molar-refractivity contribution in [2.75, 3.05) is 27.9 Å². The smallest absolute Gasteiger partial charge is 0.125 e. The quantitative estimate of drug-likeness (QED) is 0.888. The topological polar surface area (TPSA) is 39.7 Å². The molecule has 2 atom stereocenters. The number of ether oxygens (including phenoxy) is 3. The highest BCUT2D eigenvalue weighted by atomic mass is 16.5. The maximum Gasteiger partial charge on any atom is 0.125 e. The lowest BCUT2D eigenvalue weighted by atomic mass is 9.86. The fourth-order valence-electron chi connectivity index (χ4n) is 2.60. The summed E-state index contributed by atoms with van der Waals surface area (Å²) in [6.45, 7) is 2.85. The van der Waals surface area contributed by atoms with Crippen LogP contribution in [0.4, 0.5) is 0 Å². The molecule has 1 aliphatic rings. The van der Waals surface area contributed by atoms with Gasteiger partial charge < -0.3 is 19.5 Å². The summed E-state index contributed by atoms with van der Waals surface area (Å²) < 4.78 is 16.6. The molecule has 0 aliphatic carbocycles. The van der Waals surface area contributed by atoms with E-state index in [-0.39, 0.29) is 11.6 Å². The molecule has 0 aromatic heterocycles. The fraction of sp³-hybridized carbons (Fsp3) is 0.600. The van der Waals surface area contributed by atoms with E-state index in [4.69, 9.17) is 14.2 Å². The molecule has 4 heteroatoms. The summed E-state index contributed by atoms with van der Waals surface area (Å²) in [5.74, 6) is 1.80. The molecule has 0 spiro atoms. The Morgan fingerprint density at radius 2 is 2.21 bits per heavy atom. The van der Waals surface area contributed by atoms with Gasteiger partial charge in [-0.05, 0) is 32.2 Å². The molecular weight excluding hydrogens is 242 g/mol. The molecule has 2 rings (SSSR count). The first-order chi connectivity index (χ1) is 9.11. The number of fused-ring (bicyclic) bond motifs is 1. The van der Waals surface area contributed by atoms with Crippen LogP contribution in [0.25, 0.3) is 0 Å². The largest absolute Gasteiger partial charge is 0.497 e. The molecule has 0 saturated carbocycles. The second-order valence-corrected chi connectivity index (χ2v) is 5.24. The van der Waals surface area contributed by atoms with E-state index >= 15 is 0 Å². The molecule has 4 nitrogen and oxygen atoms in total. The third kappa shape index (κ3) is 3.01. The van der Waals surface area contributed by atoms with Crippen LogP contribution < -0.4 is 14.8 Å². The highest BCUT2D eigenvalue weighted by Gasteiger charge is 2.36. The Morgan fingerprint density at radius 1 is 1.42 bits per heavy atom. The molecule has 106 valence electrons. The van der Waals surface area contributed by atoms with Gasteiger partial charge in [-0.1, -0.05) is 0 Å². The highest BCUT2D eigenvalue weighted by Crippen LogP contribution is 2.42. The minimum absolute atomic E-state index is 0.189. The van der Waals surface area contributed by atoms with E-state index in [9.17, 15) is 0 Å². The van der Waals surface area contributed by atoms with Gasteiger partial charge in [0.1, 0.15) is 17.1 Å². The number of nitrogens with one attached hydrogen (secondary N) is 1. The van der Waals surface area contributed by atoms with Crippen molar-refractivity contribution < 1.29 is 14.2 Å². The molecular formula is C15H23NO3. The van der Waals surface area contributed by atoms with Crippen molar-refractivity contribution in [3.05, 3.63) is 23.8 Å². The zero-order chi connectivity index (χ0) is 13.9. The second-order valence-electron chi connectivity index (χ2n) is 5.24. The highest BCUT2D eigenvalue weighted by molar-refractivity contribution is 5.44. The van der Waals surface area contributed by atoms with Gasteiger partial charge >= 0.3 is 0 Å². The summed E-state index contributed by atoms with van der Waals surface area (Å²) in [5.41, 5.74) is 0.974. The van der Waals surface area contributed by atoms with E-state index in [0.29, 0.717) is 6.61 Å². The Hall–Kier alpha value is -1.26. The molecule has 1 heterocycles. The lowest BCUT2D eigenvalue weighted by Crippen LogP contribution is -2.42. The van der Waals surface area contributed by atoms with E-state index in [2.05, 4.69) is 12.2 Å². The van der Waals surface area contributed by atoms with Gasteiger partial charge in [-0.2, -0.15) is 0 Å². The third-order valence-electron chi connectivity index (χ3n) is 3.77. The number of rotatable bonds is 5. The summed E-state index contributed by atoms with van der Waals surface area (Å²) in [6, 6.07) is 6.25. The molecule has 1 aromatic carbocycles. The third-order valence-corrected chi connectivity index (χ3v) is 3.77. The van der Waals surface area contributed by atoms with Gasteiger partial charge in [0.2, 0.25) is 0 Å². The van der Waals surface area contributed by atoms with Gasteiger partial charge in [-0.25, -0.2) is 0 Å². The first kappa shape index (κ1) is 14.2. The average Bonchev–Trinajstić information content (AvgIpc) is 2.44. The predicted molar refractivity (Wildman–Crippen MR) is 74.9 cm³/mol. The molecule has 0 fully saturated rings. The van der Waals surface area contributed by atoms with E-state index in [0.717, 1.165) is 29.9 Å². The van der Waals surface area contributed by atoms with E-state index < -0.39 is 0 Å². The Balaban J connectivity index is 2.28. The standard InChI is InChI=1S/C15H23NO3/c1-15(7-8-17-3)10-13(16-2)12-9-11(18-4)5-6-14(12)19-15/h5-6,9,13,16H,7-8,10H2,1-4H3. The second kappa shape index (κ2) is 5.80. The van der Waals surface area contributed by atoms with Crippen LogP contribution in [0, 0.1) is 0 Å². The summed E-state index contributed by atoms with van der Waals surface area (Å²) in [7, 11) is 5.39. The molecule has 1 aliphatic heterocycles. The van der Waals surface area contributed by atoms with Crippen molar-refractivity contribution in [2.45, 2.75) is 31.4 Å². The monoisotopic (exact) mass is 265 g/mol. The lowest BCUT2D eigenvalue weighted by molar-refractivity contribution is 0.0178. The van der Waals surface area contributed by atoms with E-state index in [1.54, 1.807) is 14.2 Å². The molecule has 1 N–H and O–H groups in total. The summed E-state index contributed by atoms with van der Waals surface area (Å²) in [5, 5.41) is 3.37. The Kier molecular flexibility index (Phi) is 4.32. The maximum atomic E-state index is 6.18. The molecule has 19 heavy (non-hydrogen) atoms. The van der Waals surface area contributed by atoms with Crippen molar-refractivity contribution in [1.82, 2.24) is 5.32 Å². The van der Waals surface area contributed by atoms with Crippen molar-refractivity contribution in [3.63, 3.8) is 0 Å². The maximum absolute atomic E-state index is 6.18. The van der Waals surface area contributed by atoms with Crippen LogP contribution in [-0.2, 0) is 4.74 Å². The van der Waals surface area contributed by atoms with Crippen LogP contribution in [0.5, 0.6) is 11.5 Å². The van der Waals surface area contributed by atoms with Crippen LogP contribution in [0.1, 0.15) is 31.4 Å². The van der Waals surface area contributed by atoms with Gasteiger partial charge in [-0.15, -0.1) is 0 Å². The molecule has 0 radical (unpaired) electrons. The minimum Gasteiger partial charge on any atom is -0.497 e. The predicted octanol–water partition coefficient (Wildman–Crippen LogP) is 2.53. The first-order valence-corrected chi connectivity index (χ1v) is 6.65. The molecule has 1 aromatic rings. The number of benzene rings is 1. The average molecular weight is 265 g/mol. The zero-order valence-corrected chi connectivity index (χ0v) is 12.2. The van der Waals surface area contributed by atoms with Crippen molar-refractivity contribution in [3.8, 4) is 11.5 Å². The first-order valence-electron chi connectivity index (χ1n) is 6.65. The van der Waals surface area contributed by atoms with Crippen LogP contribution in [0.2, 0.25) is 0 Å². The molecule has 0 bridgehead atoms. The molecule has 0 saturated heterocycles. The van der Waals surface area contributed by atoms with Gasteiger partial charge in [0, 0.05) is 38.2 Å². The van der Waals surface area contributed by atoms with Crippen LogP contribution >= 0.6 is 0 Å². The SMILES string of the molecule is CNC1CC(C)(CCOC)Oc2ccc(OC)cc21. The Morgan fingerprint density at radius 3 is 2.84 bits per heavy atom. The minimum atomic E-state index is -0.189. The normalized spacial score (nSPS) is 25.6. The molecule has 0 amide bonds. The van der Waals surface area contributed by atoms with Gasteiger partial charge in [0.25, 0.3) is 0 Å². The number of methoxy groups -OCH3 is 2. The molecule has 2 unspecified atom stereocenters. The fourth-order valence-corrected chi connectivity index (χ4v) is 2.60. The van der Waals surface area contributed by atoms with Gasteiger partial charge in [0.05, 0.1) is 7.11 Å². The van der Waals surface area contributed by atoms with Crippen LogP contribution in [0.3, 0.4) is 0 Å². The summed E-state index contributed by atoms with van der Waals surface area (Å²) in [4.78, 5) is 0. The lowest BCUT2D eigenvalue weighted by Gasteiger charge is -2.40. The Bertz CT molecular complexity index is 435. The summed E-state index contributed by atoms with van der Waals surface area (Å²) >= 11 is 0. The van der Waals surface area contributed by atoms with Crippen LogP contribution in [0.15, 0.2) is 18.2 Å². The number of hydrogen-bond donors (Lipinski definition) is 1. The van der Waals surface area contributed by atoms with Crippen molar-refractivity contribution in [1.29, 1.82) is 0 Å². The van der Waals surface area contributed by atoms with Gasteiger partial charge in [0.15, 0.2) is 0 Å².